The maximum Gasteiger partial charge on any atom is 0.573 e. The number of carbonyl (C=O) groups is 2. The largest absolute Gasteiger partial charge is 0.573 e. The predicted molar refractivity (Wildman–Crippen MR) is 144 cm³/mol. The van der Waals surface area contributed by atoms with Gasteiger partial charge in [0, 0.05) is 35.6 Å². The Labute approximate surface area is 229 Å². The van der Waals surface area contributed by atoms with E-state index in [0.29, 0.717) is 28.2 Å². The van der Waals surface area contributed by atoms with Crippen molar-refractivity contribution < 1.29 is 27.5 Å². The van der Waals surface area contributed by atoms with E-state index in [9.17, 15) is 22.8 Å². The summed E-state index contributed by atoms with van der Waals surface area (Å²) in [6.45, 7) is 5.56. The number of aryl methyl sites for hydroxylation is 2. The number of hydrogen-bond donors (Lipinski definition) is 3. The second-order valence-electron chi connectivity index (χ2n) is 9.50. The molecule has 3 N–H and O–H groups in total. The highest BCUT2D eigenvalue weighted by molar-refractivity contribution is 7.14. The number of carbonyl (C=O) groups excluding carboxylic acids is 2. The molecule has 0 saturated carbocycles. The number of nitrogens with one attached hydrogen (secondary N) is 3. The topological polar surface area (TPSA) is 92.3 Å². The summed E-state index contributed by atoms with van der Waals surface area (Å²) in [4.78, 5) is 32.4. The maximum atomic E-state index is 13.2. The van der Waals surface area contributed by atoms with Gasteiger partial charge in [-0.05, 0) is 61.7 Å². The zero-order chi connectivity index (χ0) is 28.0. The molecule has 0 bridgehead atoms. The monoisotopic (exact) mass is 560 g/mol. The summed E-state index contributed by atoms with van der Waals surface area (Å²) in [5, 5.41) is 9.13. The number of nitrogens with zero attached hydrogens (tertiary/aromatic N) is 1. The fourth-order valence-corrected chi connectivity index (χ4v) is 5.45. The van der Waals surface area contributed by atoms with Crippen LogP contribution in [-0.4, -0.2) is 48.3 Å². The van der Waals surface area contributed by atoms with Crippen molar-refractivity contribution in [2.75, 3.05) is 13.1 Å². The highest BCUT2D eigenvalue weighted by atomic mass is 32.1. The molecule has 1 aromatic carbocycles. The summed E-state index contributed by atoms with van der Waals surface area (Å²) in [6.07, 6.45) is -0.355. The number of benzene rings is 1. The Bertz CT molecular complexity index is 1290. The van der Waals surface area contributed by atoms with Crippen LogP contribution in [0.15, 0.2) is 48.7 Å². The number of halogens is 3. The van der Waals surface area contributed by atoms with Crippen LogP contribution in [0.1, 0.15) is 45.4 Å². The molecule has 7 nitrogen and oxygen atoms in total. The minimum Gasteiger partial charge on any atom is -0.406 e. The molecule has 208 valence electrons. The van der Waals surface area contributed by atoms with Crippen molar-refractivity contribution >= 4 is 23.2 Å². The van der Waals surface area contributed by atoms with E-state index in [1.807, 2.05) is 13.0 Å². The Morgan fingerprint density at radius 1 is 1.23 bits per heavy atom. The zero-order valence-corrected chi connectivity index (χ0v) is 22.5. The van der Waals surface area contributed by atoms with Crippen LogP contribution in [0.2, 0.25) is 0 Å². The molecule has 3 aromatic rings. The first-order valence-electron chi connectivity index (χ1n) is 12.8. The first-order valence-corrected chi connectivity index (χ1v) is 13.7. The molecule has 0 aliphatic carbocycles. The van der Waals surface area contributed by atoms with Crippen molar-refractivity contribution in [3.8, 4) is 17.0 Å². The molecule has 2 amide bonds. The van der Waals surface area contributed by atoms with Crippen molar-refractivity contribution in [3.63, 3.8) is 0 Å². The zero-order valence-electron chi connectivity index (χ0n) is 21.7. The lowest BCUT2D eigenvalue weighted by atomic mass is 10.0. The van der Waals surface area contributed by atoms with Crippen molar-refractivity contribution in [2.24, 2.45) is 0 Å². The number of aromatic nitrogens is 1. The first kappa shape index (κ1) is 28.6. The second kappa shape index (κ2) is 12.6. The molecule has 4 rings (SSSR count). The molecule has 1 fully saturated rings. The Morgan fingerprint density at radius 2 is 2.05 bits per heavy atom. The van der Waals surface area contributed by atoms with Gasteiger partial charge in [-0.1, -0.05) is 31.5 Å². The fourth-order valence-electron chi connectivity index (χ4n) is 4.47. The SMILES string of the molecule is CCCc1cc(C(=O)NC(Cc2ccc(-c3cccc(OC(F)(F)F)c3)nc2)C(=O)NC2CCNC2)sc1C. The van der Waals surface area contributed by atoms with Gasteiger partial charge in [0.25, 0.3) is 5.91 Å². The highest BCUT2D eigenvalue weighted by Gasteiger charge is 2.31. The average Bonchev–Trinajstić information content (AvgIpc) is 3.53. The van der Waals surface area contributed by atoms with E-state index in [1.54, 1.807) is 24.4 Å². The van der Waals surface area contributed by atoms with Gasteiger partial charge in [0.2, 0.25) is 5.91 Å². The fraction of sp³-hybridized carbons (Fsp3) is 0.393. The normalized spacial score (nSPS) is 16.1. The second-order valence-corrected chi connectivity index (χ2v) is 10.8. The van der Waals surface area contributed by atoms with Gasteiger partial charge in [-0.3, -0.25) is 14.6 Å². The molecule has 11 heteroatoms. The van der Waals surface area contributed by atoms with E-state index in [-0.39, 0.29) is 30.0 Å². The summed E-state index contributed by atoms with van der Waals surface area (Å²) in [6, 6.07) is 10.0. The molecule has 1 saturated heterocycles. The van der Waals surface area contributed by atoms with Crippen LogP contribution in [0.3, 0.4) is 0 Å². The molecule has 3 heterocycles. The number of ether oxygens (including phenoxy) is 1. The summed E-state index contributed by atoms with van der Waals surface area (Å²) in [5.41, 5.74) is 2.73. The Hall–Kier alpha value is -3.44. The van der Waals surface area contributed by atoms with Gasteiger partial charge in [-0.15, -0.1) is 24.5 Å². The Morgan fingerprint density at radius 3 is 2.72 bits per heavy atom. The van der Waals surface area contributed by atoms with Gasteiger partial charge in [0.05, 0.1) is 10.6 Å². The number of thiophene rings is 1. The number of alkyl halides is 3. The van der Waals surface area contributed by atoms with Crippen molar-refractivity contribution in [1.82, 2.24) is 20.9 Å². The highest BCUT2D eigenvalue weighted by Crippen LogP contribution is 2.27. The van der Waals surface area contributed by atoms with Crippen LogP contribution in [0.25, 0.3) is 11.3 Å². The standard InChI is InChI=1S/C28H31F3N4O3S/c1-3-5-19-14-25(39-17(19)2)27(37)35-24(26(36)34-21-10-11-32-16-21)12-18-8-9-23(33-15-18)20-6-4-7-22(13-20)38-28(29,30)31/h4,6-9,13-15,21,24,32H,3,5,10-12,16H2,1-2H3,(H,34,36)(H,35,37). The molecule has 0 spiro atoms. The number of hydrogen-bond acceptors (Lipinski definition) is 6. The van der Waals surface area contributed by atoms with Crippen LogP contribution < -0.4 is 20.7 Å². The average molecular weight is 561 g/mol. The van der Waals surface area contributed by atoms with E-state index in [1.165, 1.54) is 29.5 Å². The summed E-state index contributed by atoms with van der Waals surface area (Å²) < 4.78 is 41.8. The van der Waals surface area contributed by atoms with E-state index in [2.05, 4.69) is 32.6 Å². The van der Waals surface area contributed by atoms with Crippen molar-refractivity contribution in [3.05, 3.63) is 69.5 Å². The van der Waals surface area contributed by atoms with Crippen LogP contribution in [0.4, 0.5) is 13.2 Å². The summed E-state index contributed by atoms with van der Waals surface area (Å²) in [7, 11) is 0. The van der Waals surface area contributed by atoms with Crippen molar-refractivity contribution in [1.29, 1.82) is 0 Å². The lowest BCUT2D eigenvalue weighted by Gasteiger charge is -2.21. The number of pyridine rings is 1. The lowest BCUT2D eigenvalue weighted by Crippen LogP contribution is -2.51. The van der Waals surface area contributed by atoms with Gasteiger partial charge in [-0.25, -0.2) is 0 Å². The van der Waals surface area contributed by atoms with E-state index >= 15 is 0 Å². The van der Waals surface area contributed by atoms with Crippen LogP contribution in [-0.2, 0) is 17.6 Å². The van der Waals surface area contributed by atoms with Gasteiger partial charge >= 0.3 is 6.36 Å². The Balaban J connectivity index is 1.50. The molecule has 0 radical (unpaired) electrons. The molecule has 1 aliphatic rings. The van der Waals surface area contributed by atoms with Gasteiger partial charge in [0.15, 0.2) is 0 Å². The first-order chi connectivity index (χ1) is 18.6. The quantitative estimate of drug-likeness (QED) is 0.332. The van der Waals surface area contributed by atoms with Gasteiger partial charge in [0.1, 0.15) is 11.8 Å². The molecule has 2 atom stereocenters. The Kier molecular flexibility index (Phi) is 9.24. The summed E-state index contributed by atoms with van der Waals surface area (Å²) >= 11 is 1.41. The van der Waals surface area contributed by atoms with Gasteiger partial charge in [-0.2, -0.15) is 0 Å². The summed E-state index contributed by atoms with van der Waals surface area (Å²) in [5.74, 6) is -0.918. The van der Waals surface area contributed by atoms with E-state index in [4.69, 9.17) is 0 Å². The van der Waals surface area contributed by atoms with Crippen molar-refractivity contribution in [2.45, 2.75) is 58.0 Å². The van der Waals surface area contributed by atoms with Crippen LogP contribution >= 0.6 is 11.3 Å². The lowest BCUT2D eigenvalue weighted by molar-refractivity contribution is -0.274. The smallest absolute Gasteiger partial charge is 0.406 e. The number of rotatable bonds is 10. The van der Waals surface area contributed by atoms with E-state index < -0.39 is 12.4 Å². The number of amides is 2. The maximum absolute atomic E-state index is 13.2. The van der Waals surface area contributed by atoms with Crippen LogP contribution in [0, 0.1) is 6.92 Å². The minimum absolute atomic E-state index is 0.0104. The van der Waals surface area contributed by atoms with Crippen LogP contribution in [0.5, 0.6) is 5.75 Å². The molecule has 39 heavy (non-hydrogen) atoms. The molecular weight excluding hydrogens is 529 g/mol. The molecule has 2 unspecified atom stereocenters. The third kappa shape index (κ3) is 8.03. The molecule has 2 aromatic heterocycles. The minimum atomic E-state index is -4.79. The predicted octanol–water partition coefficient (Wildman–Crippen LogP) is 4.79. The third-order valence-electron chi connectivity index (χ3n) is 6.42. The van der Waals surface area contributed by atoms with Gasteiger partial charge < -0.3 is 20.7 Å². The molecular formula is C28H31F3N4O3S. The molecule has 1 aliphatic heterocycles. The van der Waals surface area contributed by atoms with E-state index in [0.717, 1.165) is 36.2 Å². The third-order valence-corrected chi connectivity index (χ3v) is 7.51.